The molecule has 2 aromatic carbocycles. The summed E-state index contributed by atoms with van der Waals surface area (Å²) < 4.78 is 35.5. The third-order valence-electron chi connectivity index (χ3n) is 8.40. The van der Waals surface area contributed by atoms with E-state index in [1.54, 1.807) is 36.5 Å². The molecule has 3 aromatic rings. The third kappa shape index (κ3) is 6.95. The molecular weight excluding hydrogens is 610 g/mol. The van der Waals surface area contributed by atoms with Crippen LogP contribution in [0.2, 0.25) is 5.02 Å². The highest BCUT2D eigenvalue weighted by Gasteiger charge is 2.42. The monoisotopic (exact) mass is 643 g/mol. The smallest absolute Gasteiger partial charge is 0.316 e. The molecule has 2 aliphatic rings. The summed E-state index contributed by atoms with van der Waals surface area (Å²) in [5.41, 5.74) is 1.11. The van der Waals surface area contributed by atoms with Gasteiger partial charge in [-0.25, -0.2) is 8.42 Å². The molecule has 0 radical (unpaired) electrons. The molecule has 2 heterocycles. The predicted octanol–water partition coefficient (Wildman–Crippen LogP) is 4.15. The second kappa shape index (κ2) is 13.0. The zero-order valence-corrected chi connectivity index (χ0v) is 25.9. The lowest BCUT2D eigenvalue weighted by molar-refractivity contribution is -0.385. The van der Waals surface area contributed by atoms with E-state index in [1.165, 1.54) is 21.1 Å². The average molecular weight is 644 g/mol. The average Bonchev–Trinajstić information content (AvgIpc) is 3.80. The van der Waals surface area contributed by atoms with Crippen molar-refractivity contribution < 1.29 is 22.9 Å². The summed E-state index contributed by atoms with van der Waals surface area (Å²) in [6.45, 7) is 3.39. The van der Waals surface area contributed by atoms with Crippen molar-refractivity contribution in [2.75, 3.05) is 37.7 Å². The van der Waals surface area contributed by atoms with Gasteiger partial charge in [-0.3, -0.25) is 14.9 Å². The van der Waals surface area contributed by atoms with E-state index >= 15 is 0 Å². The summed E-state index contributed by atoms with van der Waals surface area (Å²) in [5, 5.41) is 16.4. The van der Waals surface area contributed by atoms with E-state index in [0.29, 0.717) is 53.5 Å². The van der Waals surface area contributed by atoms with Gasteiger partial charge in [-0.05, 0) is 49.4 Å². The summed E-state index contributed by atoms with van der Waals surface area (Å²) in [6, 6.07) is 11.1. The maximum atomic E-state index is 13.7. The lowest BCUT2D eigenvalue weighted by Crippen LogP contribution is -2.49. The highest BCUT2D eigenvalue weighted by molar-refractivity contribution is 7.88. The Kier molecular flexibility index (Phi) is 9.37. The number of aryl methyl sites for hydroxylation is 1. The third-order valence-corrected chi connectivity index (χ3v) is 10.5. The number of rotatable bonds is 13. The molecule has 0 atom stereocenters. The Morgan fingerprint density at radius 1 is 1.14 bits per heavy atom. The van der Waals surface area contributed by atoms with Crippen molar-refractivity contribution in [3.05, 3.63) is 85.3 Å². The van der Waals surface area contributed by atoms with E-state index in [2.05, 4.69) is 12.0 Å². The van der Waals surface area contributed by atoms with Crippen molar-refractivity contribution >= 4 is 39.3 Å². The van der Waals surface area contributed by atoms with Crippen LogP contribution in [0.15, 0.2) is 53.5 Å². The molecule has 44 heavy (non-hydrogen) atoms. The SMILES string of the molecule is CCC1(COc2c(N3CCN(S(=O)(=O)Cc4ccc(CCC=O)c([N+](=O)[O-])c4)CC3)cnn(-c3cccc(Cl)c3)c2=O)CC1. The number of carbonyl (C=O) groups is 1. The molecule has 0 spiro atoms. The minimum absolute atomic E-state index is 0.0579. The number of carbonyl (C=O) groups excluding carboxylic acids is 1. The number of aromatic nitrogens is 2. The molecule has 1 aliphatic carbocycles. The number of halogens is 1. The lowest BCUT2D eigenvalue weighted by Gasteiger charge is -2.35. The molecular formula is C30H34ClN5O7S. The quantitative estimate of drug-likeness (QED) is 0.152. The number of hydrogen-bond donors (Lipinski definition) is 0. The molecule has 2 fully saturated rings. The summed E-state index contributed by atoms with van der Waals surface area (Å²) >= 11 is 6.16. The summed E-state index contributed by atoms with van der Waals surface area (Å²) in [5.74, 6) is -0.232. The minimum Gasteiger partial charge on any atom is -0.486 e. The first-order valence-electron chi connectivity index (χ1n) is 14.5. The van der Waals surface area contributed by atoms with Gasteiger partial charge in [-0.15, -0.1) is 0 Å². The second-order valence-corrected chi connectivity index (χ2v) is 13.7. The van der Waals surface area contributed by atoms with Gasteiger partial charge in [0.2, 0.25) is 15.8 Å². The number of benzene rings is 2. The fourth-order valence-corrected chi connectivity index (χ4v) is 7.08. The summed E-state index contributed by atoms with van der Waals surface area (Å²) in [7, 11) is -3.80. The molecule has 5 rings (SSSR count). The first-order chi connectivity index (χ1) is 21.1. The van der Waals surface area contributed by atoms with Crippen LogP contribution in [-0.4, -0.2) is 66.5 Å². The Labute approximate surface area is 260 Å². The number of ether oxygens (including phenoxy) is 1. The van der Waals surface area contributed by atoms with Crippen molar-refractivity contribution in [3.8, 4) is 11.4 Å². The molecule has 1 aromatic heterocycles. The van der Waals surface area contributed by atoms with Crippen LogP contribution in [0.3, 0.4) is 0 Å². The van der Waals surface area contributed by atoms with Crippen LogP contribution in [0.25, 0.3) is 5.69 Å². The largest absolute Gasteiger partial charge is 0.486 e. The molecule has 1 saturated heterocycles. The fourth-order valence-electron chi connectivity index (χ4n) is 5.39. The van der Waals surface area contributed by atoms with Crippen molar-refractivity contribution in [3.63, 3.8) is 0 Å². The molecule has 0 bridgehead atoms. The van der Waals surface area contributed by atoms with Crippen LogP contribution in [0.4, 0.5) is 11.4 Å². The first kappa shape index (κ1) is 31.6. The van der Waals surface area contributed by atoms with Gasteiger partial charge in [0.25, 0.3) is 5.69 Å². The number of sulfonamides is 1. The van der Waals surface area contributed by atoms with Crippen LogP contribution >= 0.6 is 11.6 Å². The maximum Gasteiger partial charge on any atom is 0.316 e. The van der Waals surface area contributed by atoms with Crippen LogP contribution < -0.4 is 15.2 Å². The van der Waals surface area contributed by atoms with Gasteiger partial charge in [0.1, 0.15) is 12.0 Å². The van der Waals surface area contributed by atoms with Gasteiger partial charge in [-0.2, -0.15) is 14.1 Å². The second-order valence-electron chi connectivity index (χ2n) is 11.3. The fraction of sp³-hybridized carbons (Fsp3) is 0.433. The number of nitro groups is 1. The van der Waals surface area contributed by atoms with Crippen molar-refractivity contribution in [1.82, 2.24) is 14.1 Å². The Hall–Kier alpha value is -3.81. The number of piperazine rings is 1. The standard InChI is InChI=1S/C30H34ClN5O7S/c1-2-30(10-11-30)21-43-28-27(19-32-35(29(28)38)25-7-3-6-24(31)18-25)33-12-14-34(15-13-33)44(41,42)20-22-8-9-23(5-4-16-37)26(17-22)36(39)40/h3,6-9,16-19H,2,4-5,10-15,20-21H2,1H3. The van der Waals surface area contributed by atoms with Gasteiger partial charge in [-0.1, -0.05) is 36.7 Å². The van der Waals surface area contributed by atoms with E-state index in [1.807, 2.05) is 4.90 Å². The molecule has 0 amide bonds. The normalized spacial score (nSPS) is 16.5. The highest BCUT2D eigenvalue weighted by Crippen LogP contribution is 2.49. The minimum atomic E-state index is -3.80. The van der Waals surface area contributed by atoms with E-state index in [4.69, 9.17) is 16.3 Å². The summed E-state index contributed by atoms with van der Waals surface area (Å²) in [6.07, 6.45) is 5.61. The lowest BCUT2D eigenvalue weighted by atomic mass is 10.1. The molecule has 1 saturated carbocycles. The topological polar surface area (TPSA) is 145 Å². The number of nitro benzene ring substituents is 1. The molecule has 234 valence electrons. The number of aldehydes is 1. The van der Waals surface area contributed by atoms with Gasteiger partial charge >= 0.3 is 5.56 Å². The van der Waals surface area contributed by atoms with Gasteiger partial charge in [0.15, 0.2) is 0 Å². The molecule has 1 aliphatic heterocycles. The van der Waals surface area contributed by atoms with Crippen molar-refractivity contribution in [2.24, 2.45) is 5.41 Å². The van der Waals surface area contributed by atoms with Gasteiger partial charge < -0.3 is 14.4 Å². The zero-order valence-electron chi connectivity index (χ0n) is 24.4. The Morgan fingerprint density at radius 2 is 1.89 bits per heavy atom. The van der Waals surface area contributed by atoms with Crippen LogP contribution in [-0.2, 0) is 27.0 Å². The van der Waals surface area contributed by atoms with Gasteiger partial charge in [0, 0.05) is 54.7 Å². The number of nitrogens with zero attached hydrogens (tertiary/aromatic N) is 5. The highest BCUT2D eigenvalue weighted by atomic mass is 35.5. The Morgan fingerprint density at radius 3 is 2.52 bits per heavy atom. The van der Waals surface area contributed by atoms with E-state index < -0.39 is 26.3 Å². The first-order valence-corrected chi connectivity index (χ1v) is 16.5. The zero-order chi connectivity index (χ0) is 31.5. The molecule has 0 N–H and O–H groups in total. The Balaban J connectivity index is 1.34. The van der Waals surface area contributed by atoms with E-state index in [-0.39, 0.29) is 42.8 Å². The van der Waals surface area contributed by atoms with E-state index in [9.17, 15) is 28.1 Å². The number of anilines is 1. The van der Waals surface area contributed by atoms with Crippen LogP contribution in [0.1, 0.15) is 43.7 Å². The molecule has 14 heteroatoms. The molecule has 0 unspecified atom stereocenters. The van der Waals surface area contributed by atoms with Crippen LogP contribution in [0.5, 0.6) is 5.75 Å². The Bertz CT molecular complexity index is 1720. The van der Waals surface area contributed by atoms with Gasteiger partial charge in [0.05, 0.1) is 29.2 Å². The van der Waals surface area contributed by atoms with E-state index in [0.717, 1.165) is 19.3 Å². The number of hydrogen-bond acceptors (Lipinski definition) is 9. The van der Waals surface area contributed by atoms with Crippen molar-refractivity contribution in [1.29, 1.82) is 0 Å². The van der Waals surface area contributed by atoms with Crippen molar-refractivity contribution in [2.45, 2.75) is 44.8 Å². The maximum absolute atomic E-state index is 13.7. The van der Waals surface area contributed by atoms with Crippen LogP contribution in [0, 0.1) is 15.5 Å². The summed E-state index contributed by atoms with van der Waals surface area (Å²) in [4.78, 5) is 37.3. The predicted molar refractivity (Wildman–Crippen MR) is 166 cm³/mol. The molecule has 12 nitrogen and oxygen atoms in total.